The Hall–Kier alpha value is -2.92. The van der Waals surface area contributed by atoms with Crippen molar-refractivity contribution in [3.8, 4) is 0 Å². The molecule has 0 aliphatic heterocycles. The summed E-state index contributed by atoms with van der Waals surface area (Å²) in [6, 6.07) is 5.96. The number of likely N-dealkylation sites (N-methyl/N-ethyl adjacent to an activating group) is 1. The van der Waals surface area contributed by atoms with Crippen molar-refractivity contribution in [2.75, 3.05) is 20.6 Å². The van der Waals surface area contributed by atoms with Gasteiger partial charge in [0.2, 0.25) is 21.8 Å². The zero-order chi connectivity index (χ0) is 23.2. The quantitative estimate of drug-likeness (QED) is 0.603. The molecule has 0 aromatic heterocycles. The highest BCUT2D eigenvalue weighted by atomic mass is 32.2. The minimum atomic E-state index is -3.85. The van der Waals surface area contributed by atoms with E-state index in [1.54, 1.807) is 0 Å². The number of rotatable bonds is 9. The highest BCUT2D eigenvalue weighted by Gasteiger charge is 2.24. The zero-order valence-electron chi connectivity index (χ0n) is 16.9. The third-order valence-electron chi connectivity index (χ3n) is 4.49. The average Bonchev–Trinajstić information content (AvgIpc) is 2.73. The molecule has 31 heavy (non-hydrogen) atoms. The number of hydrogen-bond acceptors (Lipinski definition) is 4. The molecule has 0 spiro atoms. The molecule has 0 aliphatic carbocycles. The van der Waals surface area contributed by atoms with Gasteiger partial charge in [0.1, 0.15) is 11.9 Å². The summed E-state index contributed by atoms with van der Waals surface area (Å²) in [6.45, 7) is -0.0110. The molecular weight excluding hydrogens is 435 g/mol. The lowest BCUT2D eigenvalue weighted by molar-refractivity contribution is -0.129. The van der Waals surface area contributed by atoms with E-state index in [4.69, 9.17) is 0 Å². The van der Waals surface area contributed by atoms with Crippen LogP contribution in [0.5, 0.6) is 0 Å². The van der Waals surface area contributed by atoms with Gasteiger partial charge in [0.25, 0.3) is 0 Å². The molecule has 0 saturated heterocycles. The molecule has 0 heterocycles. The van der Waals surface area contributed by atoms with Gasteiger partial charge in [-0.15, -0.1) is 0 Å². The number of carbonyl (C=O) groups is 2. The molecule has 2 N–H and O–H groups in total. The molecule has 2 amide bonds. The van der Waals surface area contributed by atoms with E-state index in [0.717, 1.165) is 40.7 Å². The van der Waals surface area contributed by atoms with Crippen molar-refractivity contribution < 1.29 is 31.2 Å². The number of sulfonamides is 1. The van der Waals surface area contributed by atoms with Crippen LogP contribution in [0, 0.1) is 17.5 Å². The van der Waals surface area contributed by atoms with Crippen LogP contribution in [-0.4, -0.2) is 45.2 Å². The highest BCUT2D eigenvalue weighted by molar-refractivity contribution is 7.89. The molecule has 1 unspecified atom stereocenters. The van der Waals surface area contributed by atoms with Gasteiger partial charge in [-0.1, -0.05) is 6.07 Å². The Morgan fingerprint density at radius 1 is 1.03 bits per heavy atom. The number of benzene rings is 2. The standard InChI is InChI=1S/C20H22F3N3O4S/c1-24-20(28)19(13-5-10-16(22)17(23)12-13)25-18(27)4-3-11-26(2)31(29,30)15-8-6-14(21)7-9-15/h5-10,12,19H,3-4,11H2,1-2H3,(H,24,28)(H,25,27). The first-order valence-corrected chi connectivity index (χ1v) is 10.7. The van der Waals surface area contributed by atoms with Crippen molar-refractivity contribution in [1.29, 1.82) is 0 Å². The molecule has 2 aromatic rings. The Balaban J connectivity index is 1.98. The molecule has 0 fully saturated rings. The monoisotopic (exact) mass is 457 g/mol. The highest BCUT2D eigenvalue weighted by Crippen LogP contribution is 2.18. The second kappa shape index (κ2) is 10.4. The van der Waals surface area contributed by atoms with E-state index < -0.39 is 45.3 Å². The van der Waals surface area contributed by atoms with Crippen LogP contribution in [0.4, 0.5) is 13.2 Å². The van der Waals surface area contributed by atoms with Gasteiger partial charge in [-0.05, 0) is 48.4 Å². The maximum atomic E-state index is 13.5. The van der Waals surface area contributed by atoms with Gasteiger partial charge < -0.3 is 10.6 Å². The Morgan fingerprint density at radius 3 is 2.26 bits per heavy atom. The van der Waals surface area contributed by atoms with E-state index in [0.29, 0.717) is 0 Å². The molecule has 2 rings (SSSR count). The van der Waals surface area contributed by atoms with Gasteiger partial charge in [-0.25, -0.2) is 25.9 Å². The third-order valence-corrected chi connectivity index (χ3v) is 6.36. The number of nitrogens with zero attached hydrogens (tertiary/aromatic N) is 1. The summed E-state index contributed by atoms with van der Waals surface area (Å²) in [5.41, 5.74) is 0.0580. The molecule has 0 saturated carbocycles. The largest absolute Gasteiger partial charge is 0.357 e. The van der Waals surface area contributed by atoms with Crippen LogP contribution in [-0.2, 0) is 19.6 Å². The Bertz CT molecular complexity index is 1050. The number of hydrogen-bond donors (Lipinski definition) is 2. The van der Waals surface area contributed by atoms with Gasteiger partial charge in [0.15, 0.2) is 11.6 Å². The molecule has 168 valence electrons. The topological polar surface area (TPSA) is 95.6 Å². The van der Waals surface area contributed by atoms with Crippen molar-refractivity contribution in [2.24, 2.45) is 0 Å². The average molecular weight is 457 g/mol. The zero-order valence-corrected chi connectivity index (χ0v) is 17.7. The van der Waals surface area contributed by atoms with Crippen LogP contribution in [0.15, 0.2) is 47.4 Å². The number of carbonyl (C=O) groups excluding carboxylic acids is 2. The van der Waals surface area contributed by atoms with E-state index in [-0.39, 0.29) is 29.8 Å². The SMILES string of the molecule is CNC(=O)C(NC(=O)CCCN(C)S(=O)(=O)c1ccc(F)cc1)c1ccc(F)c(F)c1. The summed E-state index contributed by atoms with van der Waals surface area (Å²) < 4.78 is 65.6. The van der Waals surface area contributed by atoms with E-state index in [9.17, 15) is 31.2 Å². The van der Waals surface area contributed by atoms with Crippen molar-refractivity contribution in [3.63, 3.8) is 0 Å². The van der Waals surface area contributed by atoms with Crippen LogP contribution < -0.4 is 10.6 Å². The fraction of sp³-hybridized carbons (Fsp3) is 0.300. The molecule has 0 radical (unpaired) electrons. The molecular formula is C20H22F3N3O4S. The lowest BCUT2D eigenvalue weighted by atomic mass is 10.1. The van der Waals surface area contributed by atoms with E-state index >= 15 is 0 Å². The lowest BCUT2D eigenvalue weighted by Gasteiger charge is -2.19. The van der Waals surface area contributed by atoms with Crippen LogP contribution in [0.2, 0.25) is 0 Å². The first-order valence-electron chi connectivity index (χ1n) is 9.24. The summed E-state index contributed by atoms with van der Waals surface area (Å²) in [6.07, 6.45) is 0.00144. The van der Waals surface area contributed by atoms with Crippen molar-refractivity contribution in [3.05, 3.63) is 65.5 Å². The molecule has 1 atom stereocenters. The molecule has 2 aromatic carbocycles. The van der Waals surface area contributed by atoms with Gasteiger partial charge in [-0.3, -0.25) is 9.59 Å². The van der Waals surface area contributed by atoms with Gasteiger partial charge in [0.05, 0.1) is 4.90 Å². The summed E-state index contributed by atoms with van der Waals surface area (Å²) >= 11 is 0. The second-order valence-corrected chi connectivity index (χ2v) is 8.72. The lowest BCUT2D eigenvalue weighted by Crippen LogP contribution is -2.39. The first kappa shape index (κ1) is 24.4. The molecule has 7 nitrogen and oxygen atoms in total. The Morgan fingerprint density at radius 2 is 1.68 bits per heavy atom. The van der Waals surface area contributed by atoms with Crippen molar-refractivity contribution in [1.82, 2.24) is 14.9 Å². The number of amides is 2. The van der Waals surface area contributed by atoms with Gasteiger partial charge in [-0.2, -0.15) is 0 Å². The second-order valence-electron chi connectivity index (χ2n) is 6.67. The summed E-state index contributed by atoms with van der Waals surface area (Å²) in [5.74, 6) is -4.02. The Labute approximate surface area is 178 Å². The van der Waals surface area contributed by atoms with Crippen LogP contribution in [0.25, 0.3) is 0 Å². The summed E-state index contributed by atoms with van der Waals surface area (Å²) in [4.78, 5) is 24.3. The predicted molar refractivity (Wildman–Crippen MR) is 107 cm³/mol. The van der Waals surface area contributed by atoms with Crippen LogP contribution in [0.3, 0.4) is 0 Å². The molecule has 0 bridgehead atoms. The smallest absolute Gasteiger partial charge is 0.246 e. The van der Waals surface area contributed by atoms with E-state index in [1.807, 2.05) is 0 Å². The third kappa shape index (κ3) is 6.28. The van der Waals surface area contributed by atoms with Crippen LogP contribution >= 0.6 is 0 Å². The van der Waals surface area contributed by atoms with E-state index in [1.165, 1.54) is 20.2 Å². The van der Waals surface area contributed by atoms with Crippen LogP contribution in [0.1, 0.15) is 24.4 Å². The predicted octanol–water partition coefficient (Wildman–Crippen LogP) is 2.11. The number of halogens is 3. The maximum absolute atomic E-state index is 13.5. The van der Waals surface area contributed by atoms with Gasteiger partial charge in [0, 0.05) is 27.1 Å². The van der Waals surface area contributed by atoms with E-state index in [2.05, 4.69) is 10.6 Å². The molecule has 11 heteroatoms. The summed E-state index contributed by atoms with van der Waals surface area (Å²) in [7, 11) is -1.20. The van der Waals surface area contributed by atoms with Crippen molar-refractivity contribution in [2.45, 2.75) is 23.8 Å². The minimum absolute atomic E-state index is 0.0110. The Kier molecular flexibility index (Phi) is 8.17. The molecule has 0 aliphatic rings. The van der Waals surface area contributed by atoms with Crippen molar-refractivity contribution >= 4 is 21.8 Å². The first-order chi connectivity index (χ1) is 14.6. The van der Waals surface area contributed by atoms with Gasteiger partial charge >= 0.3 is 0 Å². The fourth-order valence-corrected chi connectivity index (χ4v) is 3.95. The number of nitrogens with one attached hydrogen (secondary N) is 2. The summed E-state index contributed by atoms with van der Waals surface area (Å²) in [5, 5.41) is 4.77. The normalized spacial score (nSPS) is 12.5. The minimum Gasteiger partial charge on any atom is -0.357 e. The maximum Gasteiger partial charge on any atom is 0.246 e. The fourth-order valence-electron chi connectivity index (χ4n) is 2.74.